The zero-order valence-electron chi connectivity index (χ0n) is 12.0. The van der Waals surface area contributed by atoms with E-state index in [9.17, 15) is 9.90 Å². The Balaban J connectivity index is 1.76. The molecule has 2 aromatic rings. The van der Waals surface area contributed by atoms with Gasteiger partial charge in [-0.2, -0.15) is 0 Å². The molecule has 0 spiro atoms. The molecule has 0 saturated carbocycles. The molecule has 0 atom stereocenters. The largest absolute Gasteiger partial charge is 0.507 e. The number of ether oxygens (including phenoxy) is 1. The summed E-state index contributed by atoms with van der Waals surface area (Å²) in [6.45, 7) is 1.43. The Kier molecular flexibility index (Phi) is 5.20. The van der Waals surface area contributed by atoms with Gasteiger partial charge in [0.25, 0.3) is 5.91 Å². The van der Waals surface area contributed by atoms with Gasteiger partial charge in [0.1, 0.15) is 11.5 Å². The second-order valence-corrected chi connectivity index (χ2v) is 4.65. The number of aromatic nitrogens is 2. The number of unbranched alkanes of at least 4 members (excludes halogenated alkanes) is 1. The molecule has 112 valence electrons. The van der Waals surface area contributed by atoms with E-state index >= 15 is 0 Å². The van der Waals surface area contributed by atoms with Crippen molar-refractivity contribution in [2.75, 3.05) is 13.7 Å². The van der Waals surface area contributed by atoms with Gasteiger partial charge in [0.05, 0.1) is 19.0 Å². The van der Waals surface area contributed by atoms with Gasteiger partial charge in [-0.25, -0.2) is 4.98 Å². The molecule has 0 radical (unpaired) electrons. The number of aryl methyl sites for hydroxylation is 1. The highest BCUT2D eigenvalue weighted by Gasteiger charge is 2.11. The van der Waals surface area contributed by atoms with Crippen molar-refractivity contribution in [3.8, 4) is 11.5 Å². The number of aromatic hydroxyl groups is 1. The van der Waals surface area contributed by atoms with Crippen LogP contribution >= 0.6 is 0 Å². The van der Waals surface area contributed by atoms with Gasteiger partial charge >= 0.3 is 0 Å². The average Bonchev–Trinajstić information content (AvgIpc) is 3.00. The number of phenolic OH excluding ortho intramolecular Hbond substituents is 1. The Bertz CT molecular complexity index is 582. The molecule has 0 aliphatic rings. The third kappa shape index (κ3) is 4.24. The van der Waals surface area contributed by atoms with Crippen LogP contribution in [-0.4, -0.2) is 34.2 Å². The molecule has 0 unspecified atom stereocenters. The van der Waals surface area contributed by atoms with E-state index in [0.29, 0.717) is 12.3 Å². The number of imidazole rings is 1. The smallest absolute Gasteiger partial charge is 0.255 e. The van der Waals surface area contributed by atoms with Crippen LogP contribution in [0.5, 0.6) is 11.5 Å². The summed E-state index contributed by atoms with van der Waals surface area (Å²) in [7, 11) is 1.52. The summed E-state index contributed by atoms with van der Waals surface area (Å²) in [5, 5.41) is 12.5. The van der Waals surface area contributed by atoms with Gasteiger partial charge in [0.2, 0.25) is 0 Å². The Morgan fingerprint density at radius 2 is 2.29 bits per heavy atom. The number of amides is 1. The van der Waals surface area contributed by atoms with Crippen molar-refractivity contribution < 1.29 is 14.6 Å². The van der Waals surface area contributed by atoms with Crippen molar-refractivity contribution in [1.82, 2.24) is 14.9 Å². The number of hydrogen-bond acceptors (Lipinski definition) is 4. The topological polar surface area (TPSA) is 76.4 Å². The highest BCUT2D eigenvalue weighted by molar-refractivity contribution is 5.97. The van der Waals surface area contributed by atoms with E-state index in [1.165, 1.54) is 19.2 Å². The minimum atomic E-state index is -0.297. The van der Waals surface area contributed by atoms with Gasteiger partial charge in [0, 0.05) is 25.5 Å². The number of benzene rings is 1. The zero-order chi connectivity index (χ0) is 15.1. The summed E-state index contributed by atoms with van der Waals surface area (Å²) in [5.74, 6) is 0.193. The zero-order valence-corrected chi connectivity index (χ0v) is 12.0. The maximum absolute atomic E-state index is 12.0. The monoisotopic (exact) mass is 289 g/mol. The minimum Gasteiger partial charge on any atom is -0.507 e. The average molecular weight is 289 g/mol. The normalized spacial score (nSPS) is 10.3. The van der Waals surface area contributed by atoms with Gasteiger partial charge in [-0.3, -0.25) is 4.79 Å². The summed E-state index contributed by atoms with van der Waals surface area (Å²) in [6.07, 6.45) is 7.22. The molecule has 21 heavy (non-hydrogen) atoms. The van der Waals surface area contributed by atoms with E-state index < -0.39 is 0 Å². The molecule has 1 amide bonds. The summed E-state index contributed by atoms with van der Waals surface area (Å²) in [6, 6.07) is 4.58. The Hall–Kier alpha value is -2.50. The van der Waals surface area contributed by atoms with Crippen molar-refractivity contribution in [3.63, 3.8) is 0 Å². The molecule has 2 N–H and O–H groups in total. The molecule has 1 aromatic carbocycles. The third-order valence-corrected chi connectivity index (χ3v) is 3.14. The van der Waals surface area contributed by atoms with Crippen LogP contribution in [0.4, 0.5) is 0 Å². The van der Waals surface area contributed by atoms with E-state index in [-0.39, 0.29) is 17.2 Å². The van der Waals surface area contributed by atoms with E-state index in [2.05, 4.69) is 10.3 Å². The fourth-order valence-electron chi connectivity index (χ4n) is 1.96. The number of nitrogens with one attached hydrogen (secondary N) is 1. The van der Waals surface area contributed by atoms with Gasteiger partial charge in [-0.15, -0.1) is 0 Å². The summed E-state index contributed by atoms with van der Waals surface area (Å²) < 4.78 is 7.04. The van der Waals surface area contributed by atoms with Gasteiger partial charge < -0.3 is 19.7 Å². The first kappa shape index (κ1) is 14.9. The Labute approximate surface area is 123 Å². The number of hydrogen-bond donors (Lipinski definition) is 2. The lowest BCUT2D eigenvalue weighted by Gasteiger charge is -2.08. The second kappa shape index (κ2) is 7.33. The van der Waals surface area contributed by atoms with Gasteiger partial charge in [-0.05, 0) is 31.0 Å². The lowest BCUT2D eigenvalue weighted by atomic mass is 10.1. The van der Waals surface area contributed by atoms with E-state index in [1.807, 2.05) is 10.8 Å². The molecule has 0 fully saturated rings. The summed E-state index contributed by atoms with van der Waals surface area (Å²) >= 11 is 0. The van der Waals surface area contributed by atoms with Crippen LogP contribution in [-0.2, 0) is 6.54 Å². The maximum atomic E-state index is 12.0. The van der Waals surface area contributed by atoms with E-state index in [0.717, 1.165) is 19.4 Å². The molecule has 0 bridgehead atoms. The van der Waals surface area contributed by atoms with Crippen molar-refractivity contribution in [2.24, 2.45) is 0 Å². The molecule has 2 rings (SSSR count). The predicted molar refractivity (Wildman–Crippen MR) is 78.5 cm³/mol. The molecule has 0 saturated heterocycles. The third-order valence-electron chi connectivity index (χ3n) is 3.14. The standard InChI is InChI=1S/C15H19N3O3/c1-21-12-4-5-14(19)13(10-12)15(20)17-6-2-3-8-18-9-7-16-11-18/h4-5,7,9-11,19H,2-3,6,8H2,1H3,(H,17,20). The molecule has 0 aliphatic carbocycles. The molecule has 1 aromatic heterocycles. The molecular formula is C15H19N3O3. The van der Waals surface area contributed by atoms with E-state index in [4.69, 9.17) is 4.74 Å². The van der Waals surface area contributed by atoms with Gasteiger partial charge in [0.15, 0.2) is 0 Å². The highest BCUT2D eigenvalue weighted by Crippen LogP contribution is 2.22. The van der Waals surface area contributed by atoms with Crippen molar-refractivity contribution >= 4 is 5.91 Å². The molecule has 6 heteroatoms. The fourth-order valence-corrected chi connectivity index (χ4v) is 1.96. The molecular weight excluding hydrogens is 270 g/mol. The first-order chi connectivity index (χ1) is 10.2. The maximum Gasteiger partial charge on any atom is 0.255 e. The van der Waals surface area contributed by atoms with Crippen molar-refractivity contribution in [1.29, 1.82) is 0 Å². The first-order valence-corrected chi connectivity index (χ1v) is 6.81. The number of methoxy groups -OCH3 is 1. The quantitative estimate of drug-likeness (QED) is 0.762. The number of nitrogens with zero attached hydrogens (tertiary/aromatic N) is 2. The lowest BCUT2D eigenvalue weighted by molar-refractivity contribution is 0.0950. The van der Waals surface area contributed by atoms with Gasteiger partial charge in [-0.1, -0.05) is 0 Å². The van der Waals surface area contributed by atoms with Crippen LogP contribution in [0, 0.1) is 0 Å². The molecule has 1 heterocycles. The minimum absolute atomic E-state index is 0.0493. The van der Waals surface area contributed by atoms with Crippen LogP contribution in [0.25, 0.3) is 0 Å². The summed E-state index contributed by atoms with van der Waals surface area (Å²) in [5.41, 5.74) is 0.226. The van der Waals surface area contributed by atoms with Crippen LogP contribution in [0.2, 0.25) is 0 Å². The van der Waals surface area contributed by atoms with Crippen LogP contribution < -0.4 is 10.1 Å². The van der Waals surface area contributed by atoms with Crippen molar-refractivity contribution in [2.45, 2.75) is 19.4 Å². The van der Waals surface area contributed by atoms with Crippen LogP contribution in [0.15, 0.2) is 36.9 Å². The van der Waals surface area contributed by atoms with Crippen LogP contribution in [0.1, 0.15) is 23.2 Å². The number of phenols is 1. The SMILES string of the molecule is COc1ccc(O)c(C(=O)NCCCCn2ccnc2)c1. The number of carbonyl (C=O) groups is 1. The van der Waals surface area contributed by atoms with E-state index in [1.54, 1.807) is 18.6 Å². The summed E-state index contributed by atoms with van der Waals surface area (Å²) in [4.78, 5) is 16.0. The number of rotatable bonds is 7. The molecule has 0 aliphatic heterocycles. The first-order valence-electron chi connectivity index (χ1n) is 6.81. The Morgan fingerprint density at radius 1 is 1.43 bits per heavy atom. The second-order valence-electron chi connectivity index (χ2n) is 4.65. The number of carbonyl (C=O) groups excluding carboxylic acids is 1. The predicted octanol–water partition coefficient (Wildman–Crippen LogP) is 1.81. The van der Waals surface area contributed by atoms with Crippen molar-refractivity contribution in [3.05, 3.63) is 42.5 Å². The molecule has 6 nitrogen and oxygen atoms in total. The highest BCUT2D eigenvalue weighted by atomic mass is 16.5. The lowest BCUT2D eigenvalue weighted by Crippen LogP contribution is -2.24. The van der Waals surface area contributed by atoms with Crippen LogP contribution in [0.3, 0.4) is 0 Å². The Morgan fingerprint density at radius 3 is 3.00 bits per heavy atom. The fraction of sp³-hybridized carbons (Fsp3) is 0.333.